The lowest BCUT2D eigenvalue weighted by molar-refractivity contribution is 0.600. The van der Waals surface area contributed by atoms with Crippen molar-refractivity contribution in [2.75, 3.05) is 0 Å². The highest BCUT2D eigenvalue weighted by Gasteiger charge is 2.25. The second-order valence-electron chi connectivity index (χ2n) is 12.3. The van der Waals surface area contributed by atoms with Crippen molar-refractivity contribution in [1.29, 1.82) is 0 Å². The molecular formula is C43H30N4O. The van der Waals surface area contributed by atoms with Crippen LogP contribution >= 0.6 is 0 Å². The minimum Gasteiger partial charge on any atom is -0.436 e. The fourth-order valence-electron chi connectivity index (χ4n) is 6.86. The van der Waals surface area contributed by atoms with Gasteiger partial charge in [0.05, 0.1) is 0 Å². The van der Waals surface area contributed by atoms with Crippen LogP contribution < -0.4 is 0 Å². The largest absolute Gasteiger partial charge is 0.436 e. The smallest absolute Gasteiger partial charge is 0.227 e. The molecule has 8 aromatic rings. The molecule has 0 saturated heterocycles. The summed E-state index contributed by atoms with van der Waals surface area (Å²) >= 11 is 0. The van der Waals surface area contributed by atoms with E-state index in [1.807, 2.05) is 42.5 Å². The van der Waals surface area contributed by atoms with Crippen LogP contribution in [0.1, 0.15) is 18.7 Å². The Morgan fingerprint density at radius 1 is 0.479 bits per heavy atom. The number of allylic oxidation sites excluding steroid dienone is 4. The maximum Gasteiger partial charge on any atom is 0.227 e. The maximum absolute atomic E-state index is 6.11. The van der Waals surface area contributed by atoms with Gasteiger partial charge in [-0.05, 0) is 57.3 Å². The Labute approximate surface area is 278 Å². The monoisotopic (exact) mass is 618 g/mol. The van der Waals surface area contributed by atoms with Crippen molar-refractivity contribution in [1.82, 2.24) is 19.9 Å². The number of rotatable bonds is 5. The quantitative estimate of drug-likeness (QED) is 0.180. The predicted octanol–water partition coefficient (Wildman–Crippen LogP) is 10.8. The topological polar surface area (TPSA) is 64.7 Å². The minimum atomic E-state index is 0.0324. The molecule has 0 spiro atoms. The number of nitrogens with zero attached hydrogens (tertiary/aromatic N) is 4. The molecule has 6 aromatic carbocycles. The lowest BCUT2D eigenvalue weighted by Gasteiger charge is -2.22. The lowest BCUT2D eigenvalue weighted by atomic mass is 9.87. The SMILES string of the molecule is CC1C=CC=CC1c1nc(-c2ccccc2)nc(-c2c(-c3ccc(-c4nc5ccccc5o4)cc3)c3ccccc3c3ccccc23)n1. The first-order valence-corrected chi connectivity index (χ1v) is 16.3. The number of para-hydroxylation sites is 2. The van der Waals surface area contributed by atoms with Gasteiger partial charge in [-0.3, -0.25) is 0 Å². The number of oxazole rings is 1. The molecule has 5 nitrogen and oxygen atoms in total. The fourth-order valence-corrected chi connectivity index (χ4v) is 6.86. The highest BCUT2D eigenvalue weighted by molar-refractivity contribution is 6.21. The van der Waals surface area contributed by atoms with Crippen LogP contribution in [0.2, 0.25) is 0 Å². The van der Waals surface area contributed by atoms with Gasteiger partial charge in [-0.15, -0.1) is 0 Å². The second kappa shape index (κ2) is 11.6. The van der Waals surface area contributed by atoms with Crippen LogP contribution in [-0.4, -0.2) is 19.9 Å². The van der Waals surface area contributed by atoms with E-state index in [2.05, 4.69) is 116 Å². The first kappa shape index (κ1) is 28.1. The summed E-state index contributed by atoms with van der Waals surface area (Å²) in [4.78, 5) is 20.4. The van der Waals surface area contributed by atoms with E-state index in [4.69, 9.17) is 24.4 Å². The van der Waals surface area contributed by atoms with Crippen molar-refractivity contribution in [2.24, 2.45) is 5.92 Å². The Morgan fingerprint density at radius 2 is 1.08 bits per heavy atom. The van der Waals surface area contributed by atoms with Crippen molar-refractivity contribution >= 4 is 32.6 Å². The Bertz CT molecular complexity index is 2500. The van der Waals surface area contributed by atoms with Gasteiger partial charge in [-0.2, -0.15) is 0 Å². The molecule has 9 rings (SSSR count). The van der Waals surface area contributed by atoms with Gasteiger partial charge in [0.1, 0.15) is 11.3 Å². The Kier molecular flexibility index (Phi) is 6.75. The van der Waals surface area contributed by atoms with Gasteiger partial charge >= 0.3 is 0 Å². The molecule has 0 saturated carbocycles. The highest BCUT2D eigenvalue weighted by Crippen LogP contribution is 2.44. The van der Waals surface area contributed by atoms with Gasteiger partial charge in [-0.1, -0.05) is 134 Å². The third kappa shape index (κ3) is 4.79. The summed E-state index contributed by atoms with van der Waals surface area (Å²) in [6.45, 7) is 2.21. The van der Waals surface area contributed by atoms with Crippen LogP contribution in [0, 0.1) is 5.92 Å². The zero-order valence-corrected chi connectivity index (χ0v) is 26.3. The van der Waals surface area contributed by atoms with Crippen molar-refractivity contribution in [2.45, 2.75) is 12.8 Å². The highest BCUT2D eigenvalue weighted by atomic mass is 16.3. The van der Waals surface area contributed by atoms with Gasteiger partial charge in [0.25, 0.3) is 0 Å². The molecule has 0 radical (unpaired) electrons. The number of hydrogen-bond donors (Lipinski definition) is 0. The summed E-state index contributed by atoms with van der Waals surface area (Å²) in [6, 6.07) is 43.7. The molecule has 228 valence electrons. The van der Waals surface area contributed by atoms with Crippen molar-refractivity contribution in [3.63, 3.8) is 0 Å². The summed E-state index contributed by atoms with van der Waals surface area (Å²) in [7, 11) is 0. The van der Waals surface area contributed by atoms with Gasteiger partial charge in [-0.25, -0.2) is 19.9 Å². The van der Waals surface area contributed by atoms with Crippen LogP contribution in [0.3, 0.4) is 0 Å². The molecule has 1 aliphatic rings. The predicted molar refractivity (Wildman–Crippen MR) is 194 cm³/mol. The molecule has 0 bridgehead atoms. The van der Waals surface area contributed by atoms with Crippen LogP contribution in [0.25, 0.3) is 78.0 Å². The average Bonchev–Trinajstić information content (AvgIpc) is 3.59. The zero-order chi connectivity index (χ0) is 32.0. The van der Waals surface area contributed by atoms with Gasteiger partial charge in [0, 0.05) is 28.2 Å². The minimum absolute atomic E-state index is 0.0324. The van der Waals surface area contributed by atoms with E-state index in [-0.39, 0.29) is 11.8 Å². The molecule has 2 heterocycles. The zero-order valence-electron chi connectivity index (χ0n) is 26.3. The van der Waals surface area contributed by atoms with E-state index >= 15 is 0 Å². The fraction of sp³-hybridized carbons (Fsp3) is 0.0698. The summed E-state index contributed by atoms with van der Waals surface area (Å²) in [5.74, 6) is 2.98. The van der Waals surface area contributed by atoms with E-state index in [1.165, 1.54) is 5.39 Å². The van der Waals surface area contributed by atoms with E-state index in [0.29, 0.717) is 17.5 Å². The third-order valence-electron chi connectivity index (χ3n) is 9.26. The number of fused-ring (bicyclic) bond motifs is 4. The Balaban J connectivity index is 1.31. The molecule has 2 unspecified atom stereocenters. The summed E-state index contributed by atoms with van der Waals surface area (Å²) in [6.07, 6.45) is 8.60. The van der Waals surface area contributed by atoms with Gasteiger partial charge in [0.15, 0.2) is 17.2 Å². The maximum atomic E-state index is 6.11. The second-order valence-corrected chi connectivity index (χ2v) is 12.3. The number of benzene rings is 6. The molecule has 48 heavy (non-hydrogen) atoms. The number of hydrogen-bond acceptors (Lipinski definition) is 5. The first-order chi connectivity index (χ1) is 23.7. The van der Waals surface area contributed by atoms with Crippen LogP contribution in [0.5, 0.6) is 0 Å². The summed E-state index contributed by atoms with van der Waals surface area (Å²) in [5, 5.41) is 4.57. The molecule has 0 fully saturated rings. The average molecular weight is 619 g/mol. The molecule has 2 atom stereocenters. The van der Waals surface area contributed by atoms with Crippen molar-refractivity contribution < 1.29 is 4.42 Å². The van der Waals surface area contributed by atoms with Crippen LogP contribution in [0.4, 0.5) is 0 Å². The van der Waals surface area contributed by atoms with E-state index in [0.717, 1.165) is 60.9 Å². The third-order valence-corrected chi connectivity index (χ3v) is 9.26. The van der Waals surface area contributed by atoms with E-state index < -0.39 is 0 Å². The molecular weight excluding hydrogens is 589 g/mol. The van der Waals surface area contributed by atoms with Crippen molar-refractivity contribution in [3.05, 3.63) is 158 Å². The molecule has 0 N–H and O–H groups in total. The van der Waals surface area contributed by atoms with Crippen LogP contribution in [-0.2, 0) is 0 Å². The molecule has 0 aliphatic heterocycles. The summed E-state index contributed by atoms with van der Waals surface area (Å²) < 4.78 is 6.11. The van der Waals surface area contributed by atoms with E-state index in [9.17, 15) is 0 Å². The molecule has 2 aromatic heterocycles. The Morgan fingerprint density at radius 3 is 1.81 bits per heavy atom. The van der Waals surface area contributed by atoms with Crippen molar-refractivity contribution in [3.8, 4) is 45.4 Å². The van der Waals surface area contributed by atoms with Gasteiger partial charge < -0.3 is 4.42 Å². The normalized spacial score (nSPS) is 15.9. The molecule has 5 heteroatoms. The first-order valence-electron chi connectivity index (χ1n) is 16.3. The lowest BCUT2D eigenvalue weighted by Crippen LogP contribution is -2.14. The molecule has 0 amide bonds. The van der Waals surface area contributed by atoms with Gasteiger partial charge in [0.2, 0.25) is 5.89 Å². The van der Waals surface area contributed by atoms with Crippen LogP contribution in [0.15, 0.2) is 156 Å². The molecule has 1 aliphatic carbocycles. The number of aromatic nitrogens is 4. The summed E-state index contributed by atoms with van der Waals surface area (Å²) in [5.41, 5.74) is 6.62. The Hall–Kier alpha value is -6.20. The van der Waals surface area contributed by atoms with E-state index in [1.54, 1.807) is 0 Å². The standard InChI is InChI=1S/C43H30N4O/c1-27-13-5-6-16-31(27)41-45-40(29-14-3-2-4-15-29)46-42(47-41)39-35-20-10-8-18-33(35)32-17-7-9-19-34(32)38(39)28-23-25-30(26-24-28)43-44-36-21-11-12-22-37(36)48-43/h2-27,31H,1H3.